The SMILES string of the molecule is CC(C)C(N(Cc1ccccc1)Cc1ccccc1)N([O])C(C)(C)C. The molecule has 0 spiro atoms. The predicted molar refractivity (Wildman–Crippen MR) is 103 cm³/mol. The zero-order valence-corrected chi connectivity index (χ0v) is 16.1. The summed E-state index contributed by atoms with van der Waals surface area (Å²) in [5.41, 5.74) is 2.03. The molecule has 3 nitrogen and oxygen atoms in total. The van der Waals surface area contributed by atoms with Gasteiger partial charge in [0.15, 0.2) is 0 Å². The largest absolute Gasteiger partial charge is 0.277 e. The second-order valence-electron chi connectivity index (χ2n) is 8.03. The average Bonchev–Trinajstić information content (AvgIpc) is 2.55. The van der Waals surface area contributed by atoms with Gasteiger partial charge >= 0.3 is 0 Å². The van der Waals surface area contributed by atoms with E-state index in [2.05, 4.69) is 67.3 Å². The van der Waals surface area contributed by atoms with Crippen molar-refractivity contribution in [3.05, 3.63) is 71.8 Å². The molecule has 0 amide bonds. The van der Waals surface area contributed by atoms with E-state index in [0.29, 0.717) is 0 Å². The molecule has 0 aliphatic carbocycles. The van der Waals surface area contributed by atoms with E-state index in [0.717, 1.165) is 13.1 Å². The average molecular weight is 340 g/mol. The van der Waals surface area contributed by atoms with Gasteiger partial charge in [0.25, 0.3) is 0 Å². The minimum Gasteiger partial charge on any atom is -0.277 e. The lowest BCUT2D eigenvalue weighted by molar-refractivity contribution is -0.281. The molecule has 1 radical (unpaired) electrons. The van der Waals surface area contributed by atoms with E-state index in [-0.39, 0.29) is 12.1 Å². The van der Waals surface area contributed by atoms with Crippen LogP contribution in [0.25, 0.3) is 0 Å². The van der Waals surface area contributed by atoms with Gasteiger partial charge in [-0.3, -0.25) is 4.90 Å². The number of hydrogen-bond donors (Lipinski definition) is 0. The van der Waals surface area contributed by atoms with Crippen LogP contribution < -0.4 is 0 Å². The quantitative estimate of drug-likeness (QED) is 0.517. The van der Waals surface area contributed by atoms with Gasteiger partial charge < -0.3 is 0 Å². The Hall–Kier alpha value is -1.68. The Labute approximate surface area is 152 Å². The van der Waals surface area contributed by atoms with Crippen molar-refractivity contribution < 1.29 is 5.21 Å². The predicted octanol–water partition coefficient (Wildman–Crippen LogP) is 5.12. The second kappa shape index (κ2) is 8.61. The molecular formula is C22H31N2O. The molecule has 1 atom stereocenters. The highest BCUT2D eigenvalue weighted by Gasteiger charge is 2.35. The van der Waals surface area contributed by atoms with Crippen LogP contribution in [0.4, 0.5) is 0 Å². The van der Waals surface area contributed by atoms with Crippen molar-refractivity contribution in [3.8, 4) is 0 Å². The van der Waals surface area contributed by atoms with Crippen LogP contribution in [-0.2, 0) is 18.3 Å². The highest BCUT2D eigenvalue weighted by atomic mass is 16.5. The fraction of sp³-hybridized carbons (Fsp3) is 0.455. The lowest BCUT2D eigenvalue weighted by Crippen LogP contribution is -2.55. The fourth-order valence-electron chi connectivity index (χ4n) is 3.12. The third-order valence-electron chi connectivity index (χ3n) is 4.33. The molecule has 0 aromatic heterocycles. The molecule has 0 aliphatic rings. The minimum absolute atomic E-state index is 0.180. The number of nitrogens with zero attached hydrogens (tertiary/aromatic N) is 2. The van der Waals surface area contributed by atoms with Gasteiger partial charge in [0.05, 0.1) is 6.17 Å². The molecule has 2 aromatic rings. The van der Waals surface area contributed by atoms with Gasteiger partial charge in [-0.05, 0) is 37.8 Å². The monoisotopic (exact) mass is 339 g/mol. The van der Waals surface area contributed by atoms with E-state index in [4.69, 9.17) is 0 Å². The maximum absolute atomic E-state index is 13.1. The fourth-order valence-corrected chi connectivity index (χ4v) is 3.12. The molecule has 25 heavy (non-hydrogen) atoms. The van der Waals surface area contributed by atoms with Gasteiger partial charge in [-0.15, -0.1) is 10.3 Å². The van der Waals surface area contributed by atoms with Crippen molar-refractivity contribution in [2.45, 2.75) is 59.4 Å². The Morgan fingerprint density at radius 2 is 1.20 bits per heavy atom. The van der Waals surface area contributed by atoms with Crippen LogP contribution in [0, 0.1) is 5.92 Å². The minimum atomic E-state index is -0.430. The molecule has 0 N–H and O–H groups in total. The molecule has 0 aliphatic heterocycles. The summed E-state index contributed by atoms with van der Waals surface area (Å²) >= 11 is 0. The van der Waals surface area contributed by atoms with Crippen molar-refractivity contribution in [1.82, 2.24) is 9.96 Å². The lowest BCUT2D eigenvalue weighted by atomic mass is 10.0. The number of benzene rings is 2. The van der Waals surface area contributed by atoms with Gasteiger partial charge in [0.1, 0.15) is 0 Å². The van der Waals surface area contributed by atoms with E-state index in [1.54, 1.807) is 0 Å². The molecule has 1 unspecified atom stereocenters. The zero-order chi connectivity index (χ0) is 18.4. The standard InChI is InChI=1S/C22H31N2O/c1-18(2)21(24(25)22(3,4)5)23(16-19-12-8-6-9-13-19)17-20-14-10-7-11-15-20/h6-15,18,21H,16-17H2,1-5H3. The Balaban J connectivity index is 2.33. The Morgan fingerprint density at radius 3 is 1.52 bits per heavy atom. The van der Waals surface area contributed by atoms with Gasteiger partial charge in [-0.2, -0.15) is 0 Å². The van der Waals surface area contributed by atoms with Crippen LogP contribution in [0.5, 0.6) is 0 Å². The van der Waals surface area contributed by atoms with Crippen LogP contribution in [-0.4, -0.2) is 21.7 Å². The molecule has 2 rings (SSSR count). The van der Waals surface area contributed by atoms with Crippen molar-refractivity contribution in [1.29, 1.82) is 0 Å². The molecule has 135 valence electrons. The van der Waals surface area contributed by atoms with Crippen molar-refractivity contribution in [3.63, 3.8) is 0 Å². The van der Waals surface area contributed by atoms with Gasteiger partial charge in [-0.1, -0.05) is 74.5 Å². The molecule has 3 heteroatoms. The highest BCUT2D eigenvalue weighted by Crippen LogP contribution is 2.26. The molecule has 2 aromatic carbocycles. The summed E-state index contributed by atoms with van der Waals surface area (Å²) in [7, 11) is 0. The van der Waals surface area contributed by atoms with Crippen molar-refractivity contribution >= 4 is 0 Å². The first kappa shape index (κ1) is 19.6. The van der Waals surface area contributed by atoms with E-state index < -0.39 is 5.54 Å². The summed E-state index contributed by atoms with van der Waals surface area (Å²) in [6.07, 6.45) is -0.180. The third kappa shape index (κ3) is 5.67. The number of rotatable bonds is 7. The molecule has 0 saturated carbocycles. The summed E-state index contributed by atoms with van der Waals surface area (Å²) < 4.78 is 0. The van der Waals surface area contributed by atoms with Crippen molar-refractivity contribution in [2.24, 2.45) is 5.92 Å². The first-order valence-corrected chi connectivity index (χ1v) is 9.07. The topological polar surface area (TPSA) is 26.4 Å². The Kier molecular flexibility index (Phi) is 6.77. The second-order valence-corrected chi connectivity index (χ2v) is 8.03. The number of hydroxylamine groups is 2. The van der Waals surface area contributed by atoms with Crippen LogP contribution in [0.15, 0.2) is 60.7 Å². The van der Waals surface area contributed by atoms with E-state index in [1.807, 2.05) is 32.9 Å². The van der Waals surface area contributed by atoms with Crippen LogP contribution >= 0.6 is 0 Å². The van der Waals surface area contributed by atoms with Crippen LogP contribution in [0.1, 0.15) is 45.7 Å². The van der Waals surface area contributed by atoms with E-state index in [9.17, 15) is 5.21 Å². The van der Waals surface area contributed by atoms with Gasteiger partial charge in [-0.25, -0.2) is 0 Å². The summed E-state index contributed by atoms with van der Waals surface area (Å²) in [6.45, 7) is 11.7. The maximum Gasteiger partial charge on any atom is 0.0934 e. The molecule has 0 bridgehead atoms. The van der Waals surface area contributed by atoms with Crippen LogP contribution in [0.2, 0.25) is 0 Å². The molecule has 0 heterocycles. The Morgan fingerprint density at radius 1 is 0.800 bits per heavy atom. The summed E-state index contributed by atoms with van der Waals surface area (Å²) in [6, 6.07) is 20.8. The van der Waals surface area contributed by atoms with Crippen molar-refractivity contribution in [2.75, 3.05) is 0 Å². The lowest BCUT2D eigenvalue weighted by Gasteiger charge is -2.43. The van der Waals surface area contributed by atoms with E-state index >= 15 is 0 Å². The van der Waals surface area contributed by atoms with E-state index in [1.165, 1.54) is 16.2 Å². The summed E-state index contributed by atoms with van der Waals surface area (Å²) in [5.74, 6) is 0.226. The molecule has 0 fully saturated rings. The summed E-state index contributed by atoms with van der Waals surface area (Å²) in [4.78, 5) is 2.30. The highest BCUT2D eigenvalue weighted by molar-refractivity contribution is 5.17. The third-order valence-corrected chi connectivity index (χ3v) is 4.33. The maximum atomic E-state index is 13.1. The Bertz CT molecular complexity index is 578. The first-order chi connectivity index (χ1) is 11.8. The van der Waals surface area contributed by atoms with Crippen LogP contribution in [0.3, 0.4) is 0 Å². The first-order valence-electron chi connectivity index (χ1n) is 9.07. The smallest absolute Gasteiger partial charge is 0.0934 e. The molecule has 0 saturated heterocycles. The zero-order valence-electron chi connectivity index (χ0n) is 16.1. The van der Waals surface area contributed by atoms with Gasteiger partial charge in [0.2, 0.25) is 0 Å². The molecular weight excluding hydrogens is 308 g/mol. The van der Waals surface area contributed by atoms with Gasteiger partial charge in [0, 0.05) is 18.6 Å². The normalized spacial score (nSPS) is 13.6. The summed E-state index contributed by atoms with van der Waals surface area (Å²) in [5, 5.41) is 14.4. The number of hydrogen-bond acceptors (Lipinski definition) is 2.